The third-order valence-corrected chi connectivity index (χ3v) is 3.61. The number of nitro groups is 1. The Hall–Kier alpha value is -1.50. The van der Waals surface area contributed by atoms with Gasteiger partial charge in [-0.1, -0.05) is 40.9 Å². The van der Waals surface area contributed by atoms with Crippen LogP contribution in [0.15, 0.2) is 30.3 Å². The summed E-state index contributed by atoms with van der Waals surface area (Å²) < 4.78 is 38.9. The summed E-state index contributed by atoms with van der Waals surface area (Å²) in [5.74, 6) is 0. The maximum absolute atomic E-state index is 13.0. The minimum Gasteiger partial charge on any atom is -0.258 e. The predicted octanol–water partition coefficient (Wildman–Crippen LogP) is 6.24. The van der Waals surface area contributed by atoms with Crippen LogP contribution in [0.2, 0.25) is 15.1 Å². The van der Waals surface area contributed by atoms with E-state index in [1.54, 1.807) is 0 Å². The monoisotopic (exact) mass is 369 g/mol. The molecule has 0 aliphatic rings. The molecule has 0 heterocycles. The molecule has 0 N–H and O–H groups in total. The molecule has 9 heteroatoms. The van der Waals surface area contributed by atoms with E-state index < -0.39 is 22.4 Å². The lowest BCUT2D eigenvalue weighted by Crippen LogP contribution is -2.09. The van der Waals surface area contributed by atoms with E-state index in [1.807, 2.05) is 0 Å². The van der Waals surface area contributed by atoms with Crippen LogP contribution in [0.3, 0.4) is 0 Å². The van der Waals surface area contributed by atoms with Crippen LogP contribution in [0.25, 0.3) is 11.1 Å². The van der Waals surface area contributed by atoms with Crippen LogP contribution in [-0.2, 0) is 6.18 Å². The van der Waals surface area contributed by atoms with Gasteiger partial charge in [0.2, 0.25) is 0 Å². The Labute approximate surface area is 137 Å². The topological polar surface area (TPSA) is 43.1 Å². The first-order valence-electron chi connectivity index (χ1n) is 5.62. The third kappa shape index (κ3) is 3.14. The Morgan fingerprint density at radius 1 is 1.05 bits per heavy atom. The molecule has 0 bridgehead atoms. The van der Waals surface area contributed by atoms with Gasteiger partial charge in [0, 0.05) is 10.6 Å². The summed E-state index contributed by atoms with van der Waals surface area (Å²) in [6, 6.07) is 5.31. The molecule has 2 rings (SSSR count). The molecule has 2 aromatic rings. The highest BCUT2D eigenvalue weighted by Crippen LogP contribution is 2.46. The van der Waals surface area contributed by atoms with Crippen LogP contribution in [-0.4, -0.2) is 4.92 Å². The fraction of sp³-hybridized carbons (Fsp3) is 0.0769. The fourth-order valence-electron chi connectivity index (χ4n) is 1.97. The Morgan fingerprint density at radius 3 is 2.05 bits per heavy atom. The maximum atomic E-state index is 13.0. The first kappa shape index (κ1) is 16.9. The van der Waals surface area contributed by atoms with Gasteiger partial charge in [-0.05, 0) is 24.3 Å². The molecule has 116 valence electrons. The van der Waals surface area contributed by atoms with Crippen LogP contribution in [0.1, 0.15) is 5.56 Å². The zero-order chi connectivity index (χ0) is 16.7. The van der Waals surface area contributed by atoms with Gasteiger partial charge >= 0.3 is 6.18 Å². The van der Waals surface area contributed by atoms with Gasteiger partial charge in [-0.3, -0.25) is 10.1 Å². The van der Waals surface area contributed by atoms with Gasteiger partial charge in [0.05, 0.1) is 20.5 Å². The van der Waals surface area contributed by atoms with Crippen molar-refractivity contribution >= 4 is 40.5 Å². The van der Waals surface area contributed by atoms with Crippen LogP contribution >= 0.6 is 34.8 Å². The average molecular weight is 371 g/mol. The largest absolute Gasteiger partial charge is 0.423 e. The number of halogens is 6. The van der Waals surface area contributed by atoms with Crippen molar-refractivity contribution in [2.24, 2.45) is 0 Å². The number of benzene rings is 2. The average Bonchev–Trinajstić information content (AvgIpc) is 2.35. The second kappa shape index (κ2) is 5.95. The van der Waals surface area contributed by atoms with E-state index in [0.717, 1.165) is 12.1 Å². The maximum Gasteiger partial charge on any atom is 0.423 e. The normalized spacial score (nSPS) is 11.5. The van der Waals surface area contributed by atoms with Crippen molar-refractivity contribution in [1.82, 2.24) is 0 Å². The highest BCUT2D eigenvalue weighted by atomic mass is 35.5. The van der Waals surface area contributed by atoms with E-state index in [4.69, 9.17) is 34.8 Å². The van der Waals surface area contributed by atoms with Crippen molar-refractivity contribution in [2.45, 2.75) is 6.18 Å². The third-order valence-electron chi connectivity index (χ3n) is 2.80. The zero-order valence-corrected chi connectivity index (χ0v) is 12.7. The van der Waals surface area contributed by atoms with Gasteiger partial charge < -0.3 is 0 Å². The van der Waals surface area contributed by atoms with E-state index in [-0.39, 0.29) is 26.2 Å². The highest BCUT2D eigenvalue weighted by molar-refractivity contribution is 6.42. The quantitative estimate of drug-likeness (QED) is 0.464. The number of rotatable bonds is 2. The van der Waals surface area contributed by atoms with Crippen molar-refractivity contribution in [3.63, 3.8) is 0 Å². The molecule has 0 fully saturated rings. The van der Waals surface area contributed by atoms with Crippen LogP contribution in [0.4, 0.5) is 18.9 Å². The lowest BCUT2D eigenvalue weighted by Gasteiger charge is -2.13. The van der Waals surface area contributed by atoms with E-state index in [1.165, 1.54) is 12.1 Å². The minimum atomic E-state index is -4.89. The minimum absolute atomic E-state index is 0.0782. The Balaban J connectivity index is 2.86. The van der Waals surface area contributed by atoms with Gasteiger partial charge in [-0.25, -0.2) is 0 Å². The molecular weight excluding hydrogens is 366 g/mol. The molecule has 2 aromatic carbocycles. The van der Waals surface area contributed by atoms with Crippen LogP contribution in [0, 0.1) is 10.1 Å². The highest BCUT2D eigenvalue weighted by Gasteiger charge is 2.40. The molecule has 0 spiro atoms. The van der Waals surface area contributed by atoms with E-state index in [0.29, 0.717) is 6.07 Å². The van der Waals surface area contributed by atoms with Crippen molar-refractivity contribution in [1.29, 1.82) is 0 Å². The number of nitrogens with zero attached hydrogens (tertiary/aromatic N) is 1. The number of hydrogen-bond acceptors (Lipinski definition) is 2. The molecule has 0 aliphatic carbocycles. The fourth-order valence-corrected chi connectivity index (χ4v) is 2.99. The smallest absolute Gasteiger partial charge is 0.258 e. The number of alkyl halides is 3. The zero-order valence-electron chi connectivity index (χ0n) is 10.4. The lowest BCUT2D eigenvalue weighted by atomic mass is 9.99. The van der Waals surface area contributed by atoms with Crippen LogP contribution < -0.4 is 0 Å². The van der Waals surface area contributed by atoms with Crippen molar-refractivity contribution in [2.75, 3.05) is 0 Å². The summed E-state index contributed by atoms with van der Waals surface area (Å²) in [5.41, 5.74) is -2.89. The van der Waals surface area contributed by atoms with Crippen molar-refractivity contribution in [3.8, 4) is 11.1 Å². The Bertz CT molecular complexity index is 740. The summed E-state index contributed by atoms with van der Waals surface area (Å²) >= 11 is 17.6. The molecule has 3 nitrogen and oxygen atoms in total. The second-order valence-corrected chi connectivity index (χ2v) is 5.45. The summed E-state index contributed by atoms with van der Waals surface area (Å²) in [5, 5.41) is 11.1. The van der Waals surface area contributed by atoms with Gasteiger partial charge in [0.15, 0.2) is 0 Å². The van der Waals surface area contributed by atoms with Crippen LogP contribution in [0.5, 0.6) is 0 Å². The molecule has 0 amide bonds. The molecule has 0 saturated carbocycles. The molecule has 0 aliphatic heterocycles. The standard InChI is InChI=1S/C13H5Cl3F3NO2/c14-6-4-9(15)11(10(16)5-6)7-2-1-3-8(13(17,18)19)12(7)20(21)22/h1-5H. The first-order chi connectivity index (χ1) is 10.1. The predicted molar refractivity (Wildman–Crippen MR) is 78.6 cm³/mol. The molecule has 0 aromatic heterocycles. The SMILES string of the molecule is O=[N+]([O-])c1c(-c2c(Cl)cc(Cl)cc2Cl)cccc1C(F)(F)F. The second-order valence-electron chi connectivity index (χ2n) is 4.20. The molecule has 0 atom stereocenters. The first-order valence-corrected chi connectivity index (χ1v) is 6.76. The van der Waals surface area contributed by atoms with E-state index in [2.05, 4.69) is 0 Å². The van der Waals surface area contributed by atoms with Gasteiger partial charge in [-0.15, -0.1) is 0 Å². The Kier molecular flexibility index (Phi) is 4.56. The summed E-state index contributed by atoms with van der Waals surface area (Å²) in [4.78, 5) is 10.0. The summed E-state index contributed by atoms with van der Waals surface area (Å²) in [7, 11) is 0. The number of para-hydroxylation sites is 1. The van der Waals surface area contributed by atoms with E-state index >= 15 is 0 Å². The van der Waals surface area contributed by atoms with Gasteiger partial charge in [0.1, 0.15) is 5.56 Å². The van der Waals surface area contributed by atoms with Gasteiger partial charge in [0.25, 0.3) is 5.69 Å². The Morgan fingerprint density at radius 2 is 1.59 bits per heavy atom. The summed E-state index contributed by atoms with van der Waals surface area (Å²) in [6.45, 7) is 0. The van der Waals surface area contributed by atoms with Gasteiger partial charge in [-0.2, -0.15) is 13.2 Å². The van der Waals surface area contributed by atoms with E-state index in [9.17, 15) is 23.3 Å². The van der Waals surface area contributed by atoms with Crippen molar-refractivity contribution < 1.29 is 18.1 Å². The van der Waals surface area contributed by atoms with Crippen molar-refractivity contribution in [3.05, 3.63) is 61.1 Å². The molecule has 22 heavy (non-hydrogen) atoms. The molecule has 0 saturated heterocycles. The molecule has 0 unspecified atom stereocenters. The molecule has 0 radical (unpaired) electrons. The lowest BCUT2D eigenvalue weighted by molar-refractivity contribution is -0.387. The summed E-state index contributed by atoms with van der Waals surface area (Å²) in [6.07, 6.45) is -4.89. The number of nitro benzene ring substituents is 1. The number of hydrogen-bond donors (Lipinski definition) is 0. The molecular formula is C13H5Cl3F3NO2.